The monoisotopic (exact) mass is 443 g/mol. The summed E-state index contributed by atoms with van der Waals surface area (Å²) in [5.74, 6) is 1.02. The summed E-state index contributed by atoms with van der Waals surface area (Å²) < 4.78 is 5.63. The van der Waals surface area contributed by atoms with Gasteiger partial charge >= 0.3 is 0 Å². The van der Waals surface area contributed by atoms with Crippen molar-refractivity contribution in [2.24, 2.45) is 10.4 Å². The molecule has 2 saturated heterocycles. The molecule has 0 bridgehead atoms. The summed E-state index contributed by atoms with van der Waals surface area (Å²) in [6, 6.07) is 4.51. The van der Waals surface area contributed by atoms with Gasteiger partial charge in [-0.25, -0.2) is 0 Å². The van der Waals surface area contributed by atoms with Gasteiger partial charge in [-0.3, -0.25) is 4.99 Å². The number of guanidine groups is 1. The molecule has 0 aliphatic carbocycles. The molecule has 0 amide bonds. The second kappa shape index (κ2) is 8.04. The van der Waals surface area contributed by atoms with Gasteiger partial charge in [0.1, 0.15) is 0 Å². The highest BCUT2D eigenvalue weighted by Crippen LogP contribution is 2.38. The molecular formula is C19H30IN3O. The lowest BCUT2D eigenvalue weighted by Crippen LogP contribution is -2.41. The van der Waals surface area contributed by atoms with Gasteiger partial charge in [0.25, 0.3) is 0 Å². The third kappa shape index (κ3) is 4.04. The predicted molar refractivity (Wildman–Crippen MR) is 110 cm³/mol. The van der Waals surface area contributed by atoms with Crippen molar-refractivity contribution in [3.8, 4) is 0 Å². The molecule has 1 N–H and O–H groups in total. The molecule has 1 aromatic rings. The predicted octanol–water partition coefficient (Wildman–Crippen LogP) is 3.42. The fourth-order valence-corrected chi connectivity index (χ4v) is 4.08. The van der Waals surface area contributed by atoms with E-state index in [2.05, 4.69) is 48.1 Å². The van der Waals surface area contributed by atoms with E-state index in [-0.39, 0.29) is 24.0 Å². The fourth-order valence-electron chi connectivity index (χ4n) is 4.08. The van der Waals surface area contributed by atoms with Crippen LogP contribution < -0.4 is 5.32 Å². The number of hydrogen-bond donors (Lipinski definition) is 1. The first-order valence-electron chi connectivity index (χ1n) is 8.63. The van der Waals surface area contributed by atoms with Crippen LogP contribution in [0.25, 0.3) is 0 Å². The molecule has 2 heterocycles. The molecule has 2 fully saturated rings. The van der Waals surface area contributed by atoms with Crippen molar-refractivity contribution < 1.29 is 4.74 Å². The number of nitrogens with one attached hydrogen (secondary N) is 1. The van der Waals surface area contributed by atoms with Crippen molar-refractivity contribution in [2.45, 2.75) is 40.2 Å². The van der Waals surface area contributed by atoms with Gasteiger partial charge in [-0.1, -0.05) is 17.7 Å². The maximum absolute atomic E-state index is 5.63. The van der Waals surface area contributed by atoms with Crippen molar-refractivity contribution >= 4 is 29.9 Å². The third-order valence-corrected chi connectivity index (χ3v) is 5.40. The summed E-state index contributed by atoms with van der Waals surface area (Å²) in [6.07, 6.45) is 2.41. The first-order valence-corrected chi connectivity index (χ1v) is 8.63. The second-order valence-electron chi connectivity index (χ2n) is 7.25. The summed E-state index contributed by atoms with van der Waals surface area (Å²) in [4.78, 5) is 6.90. The van der Waals surface area contributed by atoms with Crippen LogP contribution in [-0.2, 0) is 11.3 Å². The summed E-state index contributed by atoms with van der Waals surface area (Å²) in [6.45, 7) is 11.4. The Balaban J connectivity index is 0.00000208. The first-order chi connectivity index (χ1) is 11.0. The number of hydrogen-bond acceptors (Lipinski definition) is 2. The maximum atomic E-state index is 5.63. The van der Waals surface area contributed by atoms with E-state index in [0.29, 0.717) is 5.41 Å². The van der Waals surface area contributed by atoms with Gasteiger partial charge in [-0.15, -0.1) is 24.0 Å². The molecule has 1 atom stereocenters. The highest BCUT2D eigenvalue weighted by Gasteiger charge is 2.42. The smallest absolute Gasteiger partial charge is 0.193 e. The van der Waals surface area contributed by atoms with E-state index >= 15 is 0 Å². The van der Waals surface area contributed by atoms with Crippen LogP contribution in [0.5, 0.6) is 0 Å². The maximum Gasteiger partial charge on any atom is 0.193 e. The van der Waals surface area contributed by atoms with Crippen LogP contribution in [0.3, 0.4) is 0 Å². The Kier molecular flexibility index (Phi) is 6.53. The SMILES string of the molecule is CN=C(NCc1c(C)cc(C)cc1C)N1CCC2(CCOC2)C1.I. The quantitative estimate of drug-likeness (QED) is 0.433. The number of aryl methyl sites for hydroxylation is 3. The lowest BCUT2D eigenvalue weighted by atomic mass is 9.87. The Morgan fingerprint density at radius 3 is 2.54 bits per heavy atom. The molecule has 0 aromatic heterocycles. The van der Waals surface area contributed by atoms with Crippen LogP contribution in [0.2, 0.25) is 0 Å². The topological polar surface area (TPSA) is 36.9 Å². The number of benzene rings is 1. The molecule has 3 rings (SSSR count). The summed E-state index contributed by atoms with van der Waals surface area (Å²) in [5.41, 5.74) is 5.79. The highest BCUT2D eigenvalue weighted by atomic mass is 127. The van der Waals surface area contributed by atoms with E-state index < -0.39 is 0 Å². The van der Waals surface area contributed by atoms with E-state index in [1.807, 2.05) is 7.05 Å². The normalized spacial score (nSPS) is 23.7. The zero-order valence-electron chi connectivity index (χ0n) is 15.3. The number of halogens is 1. The van der Waals surface area contributed by atoms with Gasteiger partial charge in [0.15, 0.2) is 5.96 Å². The molecule has 134 valence electrons. The van der Waals surface area contributed by atoms with Crippen molar-refractivity contribution in [1.29, 1.82) is 0 Å². The number of ether oxygens (including phenoxy) is 1. The average Bonchev–Trinajstić information content (AvgIpc) is 3.13. The van der Waals surface area contributed by atoms with Crippen LogP contribution in [0.4, 0.5) is 0 Å². The van der Waals surface area contributed by atoms with Crippen molar-refractivity contribution in [1.82, 2.24) is 10.2 Å². The van der Waals surface area contributed by atoms with E-state index in [4.69, 9.17) is 4.74 Å². The van der Waals surface area contributed by atoms with Crippen LogP contribution in [0.15, 0.2) is 17.1 Å². The van der Waals surface area contributed by atoms with E-state index in [1.54, 1.807) is 0 Å². The number of nitrogens with zero attached hydrogens (tertiary/aromatic N) is 2. The van der Waals surface area contributed by atoms with Gasteiger partial charge in [-0.05, 0) is 50.3 Å². The second-order valence-corrected chi connectivity index (χ2v) is 7.25. The molecule has 2 aliphatic rings. The minimum absolute atomic E-state index is 0. The molecule has 0 saturated carbocycles. The van der Waals surface area contributed by atoms with Crippen molar-refractivity contribution in [3.05, 3.63) is 34.4 Å². The molecule has 24 heavy (non-hydrogen) atoms. The zero-order chi connectivity index (χ0) is 16.4. The lowest BCUT2D eigenvalue weighted by molar-refractivity contribution is 0.156. The Morgan fingerprint density at radius 2 is 1.96 bits per heavy atom. The van der Waals surface area contributed by atoms with Gasteiger partial charge < -0.3 is 15.0 Å². The van der Waals surface area contributed by atoms with Crippen LogP contribution >= 0.6 is 24.0 Å². The summed E-state index contributed by atoms with van der Waals surface area (Å²) in [7, 11) is 1.88. The Hall–Kier alpha value is -0.820. The number of rotatable bonds is 2. The molecule has 1 spiro atoms. The van der Waals surface area contributed by atoms with E-state index in [9.17, 15) is 0 Å². The zero-order valence-corrected chi connectivity index (χ0v) is 17.6. The van der Waals surface area contributed by atoms with E-state index in [1.165, 1.54) is 35.1 Å². The van der Waals surface area contributed by atoms with Crippen LogP contribution in [0.1, 0.15) is 35.1 Å². The van der Waals surface area contributed by atoms with Gasteiger partial charge in [0, 0.05) is 38.7 Å². The highest BCUT2D eigenvalue weighted by molar-refractivity contribution is 14.0. The van der Waals surface area contributed by atoms with Gasteiger partial charge in [0.05, 0.1) is 6.61 Å². The molecule has 0 radical (unpaired) electrons. The minimum Gasteiger partial charge on any atom is -0.381 e. The molecule has 2 aliphatic heterocycles. The minimum atomic E-state index is 0. The largest absolute Gasteiger partial charge is 0.381 e. The Labute approximate surface area is 163 Å². The third-order valence-electron chi connectivity index (χ3n) is 5.40. The fraction of sp³-hybridized carbons (Fsp3) is 0.632. The molecule has 1 unspecified atom stereocenters. The Morgan fingerprint density at radius 1 is 1.25 bits per heavy atom. The molecule has 1 aromatic carbocycles. The Bertz CT molecular complexity index is 586. The average molecular weight is 443 g/mol. The van der Waals surface area contributed by atoms with Gasteiger partial charge in [-0.2, -0.15) is 0 Å². The van der Waals surface area contributed by atoms with Crippen LogP contribution in [-0.4, -0.2) is 44.2 Å². The van der Waals surface area contributed by atoms with Crippen LogP contribution in [0, 0.1) is 26.2 Å². The standard InChI is InChI=1S/C19H29N3O.HI/c1-14-9-15(2)17(16(3)10-14)11-21-18(20-4)22-7-5-19(12-22)6-8-23-13-19;/h9-10H,5-8,11-13H2,1-4H3,(H,20,21);1H. The van der Waals surface area contributed by atoms with Crippen molar-refractivity contribution in [3.63, 3.8) is 0 Å². The summed E-state index contributed by atoms with van der Waals surface area (Å²) in [5, 5.41) is 3.57. The first kappa shape index (κ1) is 19.5. The summed E-state index contributed by atoms with van der Waals surface area (Å²) >= 11 is 0. The molecular weight excluding hydrogens is 413 g/mol. The lowest BCUT2D eigenvalue weighted by Gasteiger charge is -2.25. The van der Waals surface area contributed by atoms with Crippen molar-refractivity contribution in [2.75, 3.05) is 33.4 Å². The number of aliphatic imine (C=N–C) groups is 1. The molecule has 4 nitrogen and oxygen atoms in total. The van der Waals surface area contributed by atoms with E-state index in [0.717, 1.165) is 38.8 Å². The van der Waals surface area contributed by atoms with Gasteiger partial charge in [0.2, 0.25) is 0 Å². The number of likely N-dealkylation sites (tertiary alicyclic amines) is 1. The molecule has 5 heteroatoms.